The highest BCUT2D eigenvalue weighted by Gasteiger charge is 2.38. The first kappa shape index (κ1) is 10.0. The first-order chi connectivity index (χ1) is 7.20. The topological polar surface area (TPSA) is 38.3 Å². The smallest absolute Gasteiger partial charge is 0.217 e. The fourth-order valence-corrected chi connectivity index (χ4v) is 1.84. The first-order valence-corrected chi connectivity index (χ1v) is 5.12. The van der Waals surface area contributed by atoms with Crippen molar-refractivity contribution in [3.63, 3.8) is 0 Å². The van der Waals surface area contributed by atoms with Gasteiger partial charge in [0.2, 0.25) is 5.91 Å². The number of methoxy groups -OCH3 is 1. The Labute approximate surface area is 89.4 Å². The normalized spacial score (nSPS) is 23.3. The Bertz CT molecular complexity index is 358. The van der Waals surface area contributed by atoms with Crippen LogP contribution >= 0.6 is 0 Å². The Kier molecular flexibility index (Phi) is 2.62. The number of hydrogen-bond donors (Lipinski definition) is 1. The minimum Gasteiger partial charge on any atom is -0.497 e. The summed E-state index contributed by atoms with van der Waals surface area (Å²) >= 11 is 0. The summed E-state index contributed by atoms with van der Waals surface area (Å²) in [5.74, 6) is 1.41. The highest BCUT2D eigenvalue weighted by atomic mass is 16.5. The predicted octanol–water partition coefficient (Wildman–Crippen LogP) is 1.69. The zero-order valence-corrected chi connectivity index (χ0v) is 8.99. The van der Waals surface area contributed by atoms with Crippen molar-refractivity contribution in [1.29, 1.82) is 0 Å². The third kappa shape index (κ3) is 2.29. The molecule has 1 aliphatic rings. The second-order valence-corrected chi connectivity index (χ2v) is 3.92. The number of ether oxygens (including phenoxy) is 1. The summed E-state index contributed by atoms with van der Waals surface area (Å²) in [5, 5.41) is 2.92. The number of benzene rings is 1. The monoisotopic (exact) mass is 205 g/mol. The molecule has 1 amide bonds. The van der Waals surface area contributed by atoms with Crippen LogP contribution in [0, 0.1) is 0 Å². The lowest BCUT2D eigenvalue weighted by Crippen LogP contribution is -2.23. The maximum Gasteiger partial charge on any atom is 0.217 e. The third-order valence-electron chi connectivity index (χ3n) is 2.72. The number of amides is 1. The van der Waals surface area contributed by atoms with Crippen LogP contribution in [0.25, 0.3) is 0 Å². The number of hydrogen-bond acceptors (Lipinski definition) is 2. The summed E-state index contributed by atoms with van der Waals surface area (Å²) in [6.45, 7) is 1.56. The van der Waals surface area contributed by atoms with E-state index in [-0.39, 0.29) is 5.91 Å². The Hall–Kier alpha value is -1.51. The molecule has 0 radical (unpaired) electrons. The number of carbonyl (C=O) groups excluding carboxylic acids is 1. The Balaban J connectivity index is 1.97. The Morgan fingerprint density at radius 2 is 2.07 bits per heavy atom. The lowest BCUT2D eigenvalue weighted by molar-refractivity contribution is -0.119. The molecule has 1 aromatic rings. The van der Waals surface area contributed by atoms with E-state index in [2.05, 4.69) is 17.4 Å². The lowest BCUT2D eigenvalue weighted by Gasteiger charge is -2.03. The molecule has 3 heteroatoms. The number of rotatable bonds is 3. The van der Waals surface area contributed by atoms with E-state index in [9.17, 15) is 4.79 Å². The molecule has 2 atom stereocenters. The molecule has 1 fully saturated rings. The van der Waals surface area contributed by atoms with Gasteiger partial charge in [0, 0.05) is 18.9 Å². The van der Waals surface area contributed by atoms with E-state index < -0.39 is 0 Å². The molecule has 3 nitrogen and oxygen atoms in total. The zero-order valence-electron chi connectivity index (χ0n) is 8.99. The maximum absolute atomic E-state index is 10.8. The van der Waals surface area contributed by atoms with E-state index in [4.69, 9.17) is 4.74 Å². The van der Waals surface area contributed by atoms with Crippen LogP contribution in [-0.4, -0.2) is 19.1 Å². The van der Waals surface area contributed by atoms with Crippen LogP contribution < -0.4 is 10.1 Å². The minimum absolute atomic E-state index is 0.0519. The van der Waals surface area contributed by atoms with Gasteiger partial charge in [0.1, 0.15) is 5.75 Å². The Morgan fingerprint density at radius 1 is 1.40 bits per heavy atom. The van der Waals surface area contributed by atoms with Gasteiger partial charge in [-0.15, -0.1) is 0 Å². The van der Waals surface area contributed by atoms with Crippen molar-refractivity contribution in [2.75, 3.05) is 7.11 Å². The van der Waals surface area contributed by atoms with Crippen LogP contribution in [0.3, 0.4) is 0 Å². The van der Waals surface area contributed by atoms with Crippen LogP contribution in [0.4, 0.5) is 0 Å². The average Bonchev–Trinajstić information content (AvgIpc) is 2.96. The summed E-state index contributed by atoms with van der Waals surface area (Å²) in [6.07, 6.45) is 1.05. The zero-order chi connectivity index (χ0) is 10.8. The van der Waals surface area contributed by atoms with Gasteiger partial charge in [0.05, 0.1) is 7.11 Å². The molecule has 0 spiro atoms. The van der Waals surface area contributed by atoms with Crippen molar-refractivity contribution in [1.82, 2.24) is 5.32 Å². The van der Waals surface area contributed by atoms with Crippen molar-refractivity contribution < 1.29 is 9.53 Å². The van der Waals surface area contributed by atoms with Crippen molar-refractivity contribution in [2.24, 2.45) is 0 Å². The molecule has 1 aliphatic carbocycles. The van der Waals surface area contributed by atoms with E-state index in [0.29, 0.717) is 12.0 Å². The van der Waals surface area contributed by atoms with Crippen molar-refractivity contribution in [2.45, 2.75) is 25.3 Å². The summed E-state index contributed by atoms with van der Waals surface area (Å²) in [5.41, 5.74) is 1.27. The fraction of sp³-hybridized carbons (Fsp3) is 0.417. The molecule has 0 aliphatic heterocycles. The number of nitrogens with one attached hydrogen (secondary N) is 1. The maximum atomic E-state index is 10.8. The molecule has 0 heterocycles. The molecule has 0 bridgehead atoms. The molecule has 1 saturated carbocycles. The van der Waals surface area contributed by atoms with E-state index in [1.54, 1.807) is 14.0 Å². The third-order valence-corrected chi connectivity index (χ3v) is 2.72. The summed E-state index contributed by atoms with van der Waals surface area (Å²) < 4.78 is 5.09. The van der Waals surface area contributed by atoms with Crippen LogP contribution in [0.2, 0.25) is 0 Å². The van der Waals surface area contributed by atoms with Gasteiger partial charge in [-0.2, -0.15) is 0 Å². The Morgan fingerprint density at radius 3 is 2.60 bits per heavy atom. The van der Waals surface area contributed by atoms with Crippen LogP contribution in [0.1, 0.15) is 24.8 Å². The number of carbonyl (C=O) groups is 1. The lowest BCUT2D eigenvalue weighted by atomic mass is 10.1. The molecular weight excluding hydrogens is 190 g/mol. The molecule has 0 unspecified atom stereocenters. The molecule has 15 heavy (non-hydrogen) atoms. The van der Waals surface area contributed by atoms with Gasteiger partial charge >= 0.3 is 0 Å². The average molecular weight is 205 g/mol. The highest BCUT2D eigenvalue weighted by molar-refractivity contribution is 5.73. The molecule has 0 aromatic heterocycles. The molecular formula is C12H15NO2. The largest absolute Gasteiger partial charge is 0.497 e. The van der Waals surface area contributed by atoms with Crippen LogP contribution in [0.5, 0.6) is 5.75 Å². The quantitative estimate of drug-likeness (QED) is 0.815. The fourth-order valence-electron chi connectivity index (χ4n) is 1.84. The van der Waals surface area contributed by atoms with E-state index in [1.165, 1.54) is 5.56 Å². The van der Waals surface area contributed by atoms with Gasteiger partial charge < -0.3 is 10.1 Å². The minimum atomic E-state index is 0.0519. The molecule has 80 valence electrons. The van der Waals surface area contributed by atoms with Crippen LogP contribution in [0.15, 0.2) is 24.3 Å². The second kappa shape index (κ2) is 3.93. The summed E-state index contributed by atoms with van der Waals surface area (Å²) in [7, 11) is 1.66. The van der Waals surface area contributed by atoms with Gasteiger partial charge in [-0.25, -0.2) is 0 Å². The predicted molar refractivity (Wildman–Crippen MR) is 58.0 cm³/mol. The van der Waals surface area contributed by atoms with Gasteiger partial charge in [0.25, 0.3) is 0 Å². The first-order valence-electron chi connectivity index (χ1n) is 5.12. The molecule has 0 saturated heterocycles. The van der Waals surface area contributed by atoms with Crippen molar-refractivity contribution in [3.05, 3.63) is 29.8 Å². The highest BCUT2D eigenvalue weighted by Crippen LogP contribution is 2.41. The van der Waals surface area contributed by atoms with Crippen LogP contribution in [-0.2, 0) is 4.79 Å². The van der Waals surface area contributed by atoms with Gasteiger partial charge in [-0.1, -0.05) is 12.1 Å². The standard InChI is InChI=1S/C12H15NO2/c1-8(14)13-12-7-11(12)9-3-5-10(15-2)6-4-9/h3-6,11-12H,7H2,1-2H3,(H,13,14)/t11-,12+/m0/s1. The van der Waals surface area contributed by atoms with Crippen molar-refractivity contribution in [3.8, 4) is 5.75 Å². The van der Waals surface area contributed by atoms with E-state index in [1.807, 2.05) is 12.1 Å². The van der Waals surface area contributed by atoms with E-state index >= 15 is 0 Å². The molecule has 1 aromatic carbocycles. The van der Waals surface area contributed by atoms with Gasteiger partial charge in [-0.05, 0) is 24.1 Å². The summed E-state index contributed by atoms with van der Waals surface area (Å²) in [4.78, 5) is 10.8. The molecule has 2 rings (SSSR count). The second-order valence-electron chi connectivity index (χ2n) is 3.92. The summed E-state index contributed by atoms with van der Waals surface area (Å²) in [6, 6.07) is 8.36. The van der Waals surface area contributed by atoms with Crippen molar-refractivity contribution >= 4 is 5.91 Å². The van der Waals surface area contributed by atoms with Gasteiger partial charge in [-0.3, -0.25) is 4.79 Å². The SMILES string of the molecule is COc1ccc([C@@H]2C[C@H]2NC(C)=O)cc1. The van der Waals surface area contributed by atoms with E-state index in [0.717, 1.165) is 12.2 Å². The molecule has 1 N–H and O–H groups in total. The van der Waals surface area contributed by atoms with Gasteiger partial charge in [0.15, 0.2) is 0 Å².